The summed E-state index contributed by atoms with van der Waals surface area (Å²) in [6.07, 6.45) is 0. The van der Waals surface area contributed by atoms with Crippen molar-refractivity contribution in [1.29, 1.82) is 0 Å². The van der Waals surface area contributed by atoms with Gasteiger partial charge in [0.25, 0.3) is 0 Å². The fourth-order valence-electron chi connectivity index (χ4n) is 1.77. The van der Waals surface area contributed by atoms with E-state index < -0.39 is 15.8 Å². The van der Waals surface area contributed by atoms with Gasteiger partial charge in [-0.1, -0.05) is 19.1 Å². The molecule has 0 saturated heterocycles. The Morgan fingerprint density at radius 3 is 2.50 bits per heavy atom. The topological polar surface area (TPSA) is 72.6 Å². The van der Waals surface area contributed by atoms with Crippen LogP contribution in [-0.4, -0.2) is 32.9 Å². The number of benzene rings is 1. The van der Waals surface area contributed by atoms with Crippen molar-refractivity contribution in [2.45, 2.75) is 18.7 Å². The van der Waals surface area contributed by atoms with E-state index in [2.05, 4.69) is 6.58 Å². The molecule has 0 saturated carbocycles. The van der Waals surface area contributed by atoms with E-state index in [0.717, 1.165) is 6.07 Å². The summed E-state index contributed by atoms with van der Waals surface area (Å²) in [5.41, 5.74) is 6.24. The van der Waals surface area contributed by atoms with Crippen LogP contribution in [0.1, 0.15) is 13.8 Å². The zero-order valence-corrected chi connectivity index (χ0v) is 12.6. The molecule has 0 fully saturated rings. The SMILES string of the molecule is C=C(C)CN(CC)S(=O)(=O)c1cc(N)c(OC)c(F)c1. The highest BCUT2D eigenvalue weighted by atomic mass is 32.2. The van der Waals surface area contributed by atoms with E-state index in [-0.39, 0.29) is 29.4 Å². The number of anilines is 1. The Kier molecular flexibility index (Phi) is 5.13. The molecule has 7 heteroatoms. The van der Waals surface area contributed by atoms with Crippen LogP contribution in [0.3, 0.4) is 0 Å². The molecule has 20 heavy (non-hydrogen) atoms. The summed E-state index contributed by atoms with van der Waals surface area (Å²) < 4.78 is 44.6. The minimum atomic E-state index is -3.82. The molecule has 0 bridgehead atoms. The van der Waals surface area contributed by atoms with Crippen LogP contribution in [0.4, 0.5) is 10.1 Å². The van der Waals surface area contributed by atoms with Crippen LogP contribution >= 0.6 is 0 Å². The lowest BCUT2D eigenvalue weighted by Crippen LogP contribution is -2.32. The highest BCUT2D eigenvalue weighted by Crippen LogP contribution is 2.29. The molecule has 0 aliphatic carbocycles. The van der Waals surface area contributed by atoms with Crippen LogP contribution in [-0.2, 0) is 10.0 Å². The number of hydrogen-bond donors (Lipinski definition) is 1. The first-order valence-corrected chi connectivity index (χ1v) is 7.45. The third kappa shape index (κ3) is 3.29. The van der Waals surface area contributed by atoms with Gasteiger partial charge in [-0.15, -0.1) is 0 Å². The number of nitrogen functional groups attached to an aromatic ring is 1. The number of nitrogens with zero attached hydrogens (tertiary/aromatic N) is 1. The largest absolute Gasteiger partial charge is 0.492 e. The van der Waals surface area contributed by atoms with Gasteiger partial charge in [0, 0.05) is 13.1 Å². The van der Waals surface area contributed by atoms with Crippen molar-refractivity contribution < 1.29 is 17.5 Å². The fraction of sp³-hybridized carbons (Fsp3) is 0.385. The quantitative estimate of drug-likeness (QED) is 0.644. The van der Waals surface area contributed by atoms with Gasteiger partial charge < -0.3 is 10.5 Å². The predicted molar refractivity (Wildman–Crippen MR) is 76.6 cm³/mol. The molecule has 0 aromatic heterocycles. The van der Waals surface area contributed by atoms with Crippen molar-refractivity contribution >= 4 is 15.7 Å². The number of rotatable bonds is 6. The van der Waals surface area contributed by atoms with Gasteiger partial charge in [-0.3, -0.25) is 0 Å². The number of methoxy groups -OCH3 is 1. The van der Waals surface area contributed by atoms with Gasteiger partial charge in [-0.2, -0.15) is 4.31 Å². The molecule has 0 heterocycles. The molecule has 0 aliphatic heterocycles. The normalized spacial score (nSPS) is 11.7. The van der Waals surface area contributed by atoms with E-state index in [1.807, 2.05) is 0 Å². The highest BCUT2D eigenvalue weighted by molar-refractivity contribution is 7.89. The average Bonchev–Trinajstić information content (AvgIpc) is 2.35. The van der Waals surface area contributed by atoms with Gasteiger partial charge in [0.05, 0.1) is 17.7 Å². The molecule has 0 unspecified atom stereocenters. The van der Waals surface area contributed by atoms with Gasteiger partial charge in [-0.25, -0.2) is 12.8 Å². The molecule has 5 nitrogen and oxygen atoms in total. The van der Waals surface area contributed by atoms with Crippen LogP contribution in [0, 0.1) is 5.82 Å². The van der Waals surface area contributed by atoms with Crippen molar-refractivity contribution in [3.63, 3.8) is 0 Å². The zero-order chi connectivity index (χ0) is 15.5. The van der Waals surface area contributed by atoms with Crippen molar-refractivity contribution in [3.05, 3.63) is 30.1 Å². The van der Waals surface area contributed by atoms with Crippen LogP contribution in [0.5, 0.6) is 5.75 Å². The Bertz CT molecular complexity index is 591. The summed E-state index contributed by atoms with van der Waals surface area (Å²) in [6.45, 7) is 7.53. The molecule has 2 N–H and O–H groups in total. The van der Waals surface area contributed by atoms with Gasteiger partial charge in [0.15, 0.2) is 11.6 Å². The third-order valence-corrected chi connectivity index (χ3v) is 4.59. The molecular weight excluding hydrogens is 283 g/mol. The molecule has 0 atom stereocenters. The maximum Gasteiger partial charge on any atom is 0.243 e. The van der Waals surface area contributed by atoms with E-state index >= 15 is 0 Å². The van der Waals surface area contributed by atoms with Gasteiger partial charge in [0.2, 0.25) is 10.0 Å². The summed E-state index contributed by atoms with van der Waals surface area (Å²) in [5.74, 6) is -0.968. The third-order valence-electron chi connectivity index (χ3n) is 2.69. The average molecular weight is 302 g/mol. The Morgan fingerprint density at radius 2 is 2.10 bits per heavy atom. The van der Waals surface area contributed by atoms with Gasteiger partial charge >= 0.3 is 0 Å². The molecule has 0 radical (unpaired) electrons. The zero-order valence-electron chi connectivity index (χ0n) is 11.8. The van der Waals surface area contributed by atoms with Crippen LogP contribution in [0.25, 0.3) is 0 Å². The van der Waals surface area contributed by atoms with Crippen LogP contribution in [0.2, 0.25) is 0 Å². The van der Waals surface area contributed by atoms with E-state index in [9.17, 15) is 12.8 Å². The lowest BCUT2D eigenvalue weighted by molar-refractivity contribution is 0.387. The van der Waals surface area contributed by atoms with Crippen molar-refractivity contribution in [1.82, 2.24) is 4.31 Å². The second-order valence-corrected chi connectivity index (χ2v) is 6.35. The lowest BCUT2D eigenvalue weighted by atomic mass is 10.3. The maximum absolute atomic E-state index is 13.8. The number of halogens is 1. The second-order valence-electron chi connectivity index (χ2n) is 4.42. The number of ether oxygens (including phenoxy) is 1. The molecule has 1 aromatic carbocycles. The van der Waals surface area contributed by atoms with Crippen molar-refractivity contribution in [2.24, 2.45) is 0 Å². The number of hydrogen-bond acceptors (Lipinski definition) is 4. The molecule has 1 aromatic rings. The summed E-state index contributed by atoms with van der Waals surface area (Å²) >= 11 is 0. The first kappa shape index (κ1) is 16.5. The Morgan fingerprint density at radius 1 is 1.50 bits per heavy atom. The first-order valence-electron chi connectivity index (χ1n) is 6.01. The van der Waals surface area contributed by atoms with Gasteiger partial charge in [-0.05, 0) is 19.1 Å². The van der Waals surface area contributed by atoms with Gasteiger partial charge in [0.1, 0.15) is 0 Å². The Balaban J connectivity index is 3.31. The van der Waals surface area contributed by atoms with Crippen LogP contribution in [0.15, 0.2) is 29.2 Å². The highest BCUT2D eigenvalue weighted by Gasteiger charge is 2.25. The molecule has 0 amide bonds. The van der Waals surface area contributed by atoms with E-state index in [4.69, 9.17) is 10.5 Å². The molecular formula is C13H19FN2O3S. The van der Waals surface area contributed by atoms with E-state index in [0.29, 0.717) is 5.57 Å². The monoisotopic (exact) mass is 302 g/mol. The smallest absolute Gasteiger partial charge is 0.243 e. The molecule has 112 valence electrons. The standard InChI is InChI=1S/C13H19FN2O3S/c1-5-16(8-9(2)3)20(17,18)10-6-11(14)13(19-4)12(15)7-10/h6-7H,2,5,8,15H2,1,3-4H3. The van der Waals surface area contributed by atoms with Crippen LogP contribution < -0.4 is 10.5 Å². The maximum atomic E-state index is 13.8. The second kappa shape index (κ2) is 6.23. The number of likely N-dealkylation sites (N-methyl/N-ethyl adjacent to an activating group) is 1. The number of sulfonamides is 1. The van der Waals surface area contributed by atoms with E-state index in [1.54, 1.807) is 13.8 Å². The Labute approximate surface area is 118 Å². The minimum Gasteiger partial charge on any atom is -0.492 e. The summed E-state index contributed by atoms with van der Waals surface area (Å²) in [7, 11) is -2.55. The summed E-state index contributed by atoms with van der Waals surface area (Å²) in [6, 6.07) is 2.10. The lowest BCUT2D eigenvalue weighted by Gasteiger charge is -2.21. The van der Waals surface area contributed by atoms with Crippen molar-refractivity contribution in [3.8, 4) is 5.75 Å². The molecule has 0 spiro atoms. The molecule has 1 rings (SSSR count). The number of nitrogens with two attached hydrogens (primary N) is 1. The summed E-state index contributed by atoms with van der Waals surface area (Å²) in [5, 5.41) is 0. The molecule has 0 aliphatic rings. The Hall–Kier alpha value is -1.60. The minimum absolute atomic E-state index is 0.0579. The fourth-order valence-corrected chi connectivity index (χ4v) is 3.33. The van der Waals surface area contributed by atoms with Crippen molar-refractivity contribution in [2.75, 3.05) is 25.9 Å². The van der Waals surface area contributed by atoms with E-state index in [1.165, 1.54) is 17.5 Å². The predicted octanol–water partition coefficient (Wildman–Crippen LogP) is 2.00. The first-order chi connectivity index (χ1) is 9.23. The summed E-state index contributed by atoms with van der Waals surface area (Å²) in [4.78, 5) is -0.198.